The summed E-state index contributed by atoms with van der Waals surface area (Å²) in [7, 11) is 0. The number of carbonyl (C=O) groups excluding carboxylic acids is 2. The second kappa shape index (κ2) is 9.23. The third-order valence-electron chi connectivity index (χ3n) is 3.19. The zero-order valence-electron chi connectivity index (χ0n) is 12.6. The van der Waals surface area contributed by atoms with Gasteiger partial charge < -0.3 is 15.8 Å². The Morgan fingerprint density at radius 2 is 2.00 bits per heavy atom. The van der Waals surface area contributed by atoms with E-state index < -0.39 is 12.0 Å². The van der Waals surface area contributed by atoms with Crippen LogP contribution in [0, 0.1) is 5.92 Å². The normalized spacial score (nSPS) is 12.7. The summed E-state index contributed by atoms with van der Waals surface area (Å²) in [5.41, 5.74) is 6.59. The van der Waals surface area contributed by atoms with Gasteiger partial charge in [0.05, 0.1) is 6.61 Å². The largest absolute Gasteiger partial charge is 0.464 e. The predicted molar refractivity (Wildman–Crippen MR) is 85.4 cm³/mol. The molecule has 0 aliphatic carbocycles. The highest BCUT2D eigenvalue weighted by Crippen LogP contribution is 2.12. The maximum atomic E-state index is 12.2. The van der Waals surface area contributed by atoms with E-state index in [2.05, 4.69) is 5.32 Å². The Bertz CT molecular complexity index is 480. The molecule has 6 heteroatoms. The molecule has 2 unspecified atom stereocenters. The molecule has 0 saturated heterocycles. The zero-order valence-corrected chi connectivity index (χ0v) is 13.4. The number of nitrogens with one attached hydrogen (secondary N) is 1. The van der Waals surface area contributed by atoms with Gasteiger partial charge in [-0.05, 0) is 31.0 Å². The Kier molecular flexibility index (Phi) is 8.47. The Morgan fingerprint density at radius 3 is 2.52 bits per heavy atom. The van der Waals surface area contributed by atoms with Crippen molar-refractivity contribution in [3.8, 4) is 0 Å². The predicted octanol–water partition coefficient (Wildman–Crippen LogP) is 2.40. The van der Waals surface area contributed by atoms with Crippen molar-refractivity contribution in [3.05, 3.63) is 29.8 Å². The lowest BCUT2D eigenvalue weighted by Crippen LogP contribution is -2.46. The smallest absolute Gasteiger partial charge is 0.328 e. The minimum absolute atomic E-state index is 0. The molecule has 0 heterocycles. The van der Waals surface area contributed by atoms with Crippen LogP contribution < -0.4 is 11.1 Å². The highest BCUT2D eigenvalue weighted by molar-refractivity contribution is 5.97. The van der Waals surface area contributed by atoms with Crippen LogP contribution in [0.15, 0.2) is 24.3 Å². The number of nitrogens with two attached hydrogens (primary N) is 1. The summed E-state index contributed by atoms with van der Waals surface area (Å²) < 4.78 is 5.01. The van der Waals surface area contributed by atoms with E-state index in [0.717, 1.165) is 6.42 Å². The number of amides is 1. The monoisotopic (exact) mass is 314 g/mol. The standard InChI is InChI=1S/C15H22N2O3.ClH/c1-4-10(3)13(15(19)20-5-2)17-14(18)11-7-6-8-12(16)9-11;/h6-10,13H,4-5,16H2,1-3H3,(H,17,18);1H. The summed E-state index contributed by atoms with van der Waals surface area (Å²) in [6.07, 6.45) is 0.765. The maximum absolute atomic E-state index is 12.2. The molecule has 0 fully saturated rings. The average molecular weight is 315 g/mol. The highest BCUT2D eigenvalue weighted by atomic mass is 35.5. The van der Waals surface area contributed by atoms with Crippen molar-refractivity contribution < 1.29 is 14.3 Å². The summed E-state index contributed by atoms with van der Waals surface area (Å²) in [4.78, 5) is 24.1. The molecule has 1 aromatic carbocycles. The third-order valence-corrected chi connectivity index (χ3v) is 3.19. The molecule has 0 aromatic heterocycles. The number of hydrogen-bond acceptors (Lipinski definition) is 4. The molecule has 0 aliphatic rings. The van der Waals surface area contributed by atoms with Crippen molar-refractivity contribution in [1.82, 2.24) is 5.32 Å². The molecular formula is C15H23ClN2O3. The highest BCUT2D eigenvalue weighted by Gasteiger charge is 2.27. The van der Waals surface area contributed by atoms with Crippen LogP contribution >= 0.6 is 12.4 Å². The van der Waals surface area contributed by atoms with Crippen LogP contribution in [0.5, 0.6) is 0 Å². The fraction of sp³-hybridized carbons (Fsp3) is 0.467. The number of esters is 1. The molecule has 0 radical (unpaired) electrons. The Labute approximate surface area is 131 Å². The summed E-state index contributed by atoms with van der Waals surface area (Å²) in [6, 6.07) is 5.99. The number of ether oxygens (including phenoxy) is 1. The van der Waals surface area contributed by atoms with Gasteiger partial charge in [0.15, 0.2) is 0 Å². The van der Waals surface area contributed by atoms with Gasteiger partial charge in [-0.25, -0.2) is 4.79 Å². The molecule has 1 rings (SSSR count). The first-order chi connectivity index (χ1) is 9.49. The van der Waals surface area contributed by atoms with Gasteiger partial charge in [-0.15, -0.1) is 12.4 Å². The van der Waals surface area contributed by atoms with E-state index >= 15 is 0 Å². The van der Waals surface area contributed by atoms with Crippen molar-refractivity contribution in [2.24, 2.45) is 5.92 Å². The second-order valence-electron chi connectivity index (χ2n) is 4.71. The van der Waals surface area contributed by atoms with E-state index in [1.54, 1.807) is 31.2 Å². The first kappa shape index (κ1) is 19.2. The van der Waals surface area contributed by atoms with Gasteiger partial charge in [0.1, 0.15) is 6.04 Å². The molecule has 0 bridgehead atoms. The van der Waals surface area contributed by atoms with Crippen LogP contribution in [0.1, 0.15) is 37.6 Å². The van der Waals surface area contributed by atoms with Gasteiger partial charge in [-0.1, -0.05) is 26.3 Å². The van der Waals surface area contributed by atoms with Gasteiger partial charge in [0.25, 0.3) is 5.91 Å². The molecule has 21 heavy (non-hydrogen) atoms. The minimum atomic E-state index is -0.645. The molecule has 2 atom stereocenters. The lowest BCUT2D eigenvalue weighted by Gasteiger charge is -2.22. The van der Waals surface area contributed by atoms with Crippen LogP contribution in [-0.2, 0) is 9.53 Å². The molecule has 0 saturated carbocycles. The fourth-order valence-electron chi connectivity index (χ4n) is 1.81. The quantitative estimate of drug-likeness (QED) is 0.624. The summed E-state index contributed by atoms with van der Waals surface area (Å²) in [6.45, 7) is 5.90. The number of hydrogen-bond donors (Lipinski definition) is 2. The molecule has 3 N–H and O–H groups in total. The van der Waals surface area contributed by atoms with Crippen LogP contribution in [0.2, 0.25) is 0 Å². The lowest BCUT2D eigenvalue weighted by atomic mass is 9.98. The van der Waals surface area contributed by atoms with Crippen LogP contribution in [-0.4, -0.2) is 24.5 Å². The summed E-state index contributed by atoms with van der Waals surface area (Å²) in [5, 5.41) is 2.73. The minimum Gasteiger partial charge on any atom is -0.464 e. The Morgan fingerprint density at radius 1 is 1.33 bits per heavy atom. The average Bonchev–Trinajstić information content (AvgIpc) is 2.43. The summed E-state index contributed by atoms with van der Waals surface area (Å²) >= 11 is 0. The number of halogens is 1. The SMILES string of the molecule is CCOC(=O)C(NC(=O)c1cccc(N)c1)C(C)CC.Cl. The first-order valence-electron chi connectivity index (χ1n) is 6.82. The van der Waals surface area contributed by atoms with Crippen molar-refractivity contribution in [1.29, 1.82) is 0 Å². The number of carbonyl (C=O) groups is 2. The van der Waals surface area contributed by atoms with E-state index in [9.17, 15) is 9.59 Å². The lowest BCUT2D eigenvalue weighted by molar-refractivity contribution is -0.146. The molecular weight excluding hydrogens is 292 g/mol. The molecule has 5 nitrogen and oxygen atoms in total. The molecule has 118 valence electrons. The number of anilines is 1. The number of nitrogen functional groups attached to an aromatic ring is 1. The van der Waals surface area contributed by atoms with Gasteiger partial charge in [-0.3, -0.25) is 4.79 Å². The molecule has 0 spiro atoms. The van der Waals surface area contributed by atoms with Crippen molar-refractivity contribution >= 4 is 30.0 Å². The Balaban J connectivity index is 0.00000400. The summed E-state index contributed by atoms with van der Waals surface area (Å²) in [5.74, 6) is -0.728. The van der Waals surface area contributed by atoms with E-state index in [1.807, 2.05) is 13.8 Å². The molecule has 1 amide bonds. The first-order valence-corrected chi connectivity index (χ1v) is 6.82. The van der Waals surface area contributed by atoms with Gasteiger partial charge >= 0.3 is 5.97 Å². The van der Waals surface area contributed by atoms with Crippen molar-refractivity contribution in [3.63, 3.8) is 0 Å². The van der Waals surface area contributed by atoms with E-state index in [1.165, 1.54) is 0 Å². The van der Waals surface area contributed by atoms with Gasteiger partial charge in [0.2, 0.25) is 0 Å². The second-order valence-corrected chi connectivity index (χ2v) is 4.71. The van der Waals surface area contributed by atoms with E-state index in [0.29, 0.717) is 17.9 Å². The van der Waals surface area contributed by atoms with Crippen LogP contribution in [0.25, 0.3) is 0 Å². The topological polar surface area (TPSA) is 81.4 Å². The van der Waals surface area contributed by atoms with Crippen LogP contribution in [0.3, 0.4) is 0 Å². The Hall–Kier alpha value is -1.75. The zero-order chi connectivity index (χ0) is 15.1. The number of rotatable bonds is 6. The van der Waals surface area contributed by atoms with Crippen molar-refractivity contribution in [2.75, 3.05) is 12.3 Å². The van der Waals surface area contributed by atoms with Crippen LogP contribution in [0.4, 0.5) is 5.69 Å². The maximum Gasteiger partial charge on any atom is 0.328 e. The van der Waals surface area contributed by atoms with E-state index in [4.69, 9.17) is 10.5 Å². The molecule has 0 aliphatic heterocycles. The van der Waals surface area contributed by atoms with Gasteiger partial charge in [-0.2, -0.15) is 0 Å². The van der Waals surface area contributed by atoms with Gasteiger partial charge in [0, 0.05) is 11.3 Å². The van der Waals surface area contributed by atoms with E-state index in [-0.39, 0.29) is 24.2 Å². The third kappa shape index (κ3) is 5.63. The molecule has 1 aromatic rings. The number of benzene rings is 1. The van der Waals surface area contributed by atoms with Crippen molar-refractivity contribution in [2.45, 2.75) is 33.2 Å². The fourth-order valence-corrected chi connectivity index (χ4v) is 1.81.